The minimum Gasteiger partial charge on any atom is -0.490 e. The molecule has 0 radical (unpaired) electrons. The second-order valence-corrected chi connectivity index (χ2v) is 5.98. The highest BCUT2D eigenvalue weighted by atomic mass is 16.5. The number of hydrogen-bond acceptors (Lipinski definition) is 3. The molecule has 1 saturated heterocycles. The fourth-order valence-electron chi connectivity index (χ4n) is 3.26. The molecule has 0 aliphatic carbocycles. The molecule has 110 valence electrons. The summed E-state index contributed by atoms with van der Waals surface area (Å²) < 4.78 is 11.7. The van der Waals surface area contributed by atoms with Gasteiger partial charge in [-0.15, -0.1) is 0 Å². The Morgan fingerprint density at radius 1 is 1.40 bits per heavy atom. The molecule has 3 rings (SSSR count). The first-order valence-corrected chi connectivity index (χ1v) is 7.92. The van der Waals surface area contributed by atoms with Crippen LogP contribution < -0.4 is 10.1 Å². The Morgan fingerprint density at radius 3 is 3.05 bits per heavy atom. The number of fused-ring (bicyclic) bond motifs is 1. The molecule has 0 amide bonds. The van der Waals surface area contributed by atoms with Crippen LogP contribution >= 0.6 is 0 Å². The Kier molecular flexibility index (Phi) is 4.27. The summed E-state index contributed by atoms with van der Waals surface area (Å²) in [6.07, 6.45) is 5.14. The Bertz CT molecular complexity index is 454. The number of nitrogens with one attached hydrogen (secondary N) is 1. The van der Waals surface area contributed by atoms with Crippen molar-refractivity contribution in [2.45, 2.75) is 57.8 Å². The molecule has 1 N–H and O–H groups in total. The van der Waals surface area contributed by atoms with Gasteiger partial charge in [0.15, 0.2) is 0 Å². The summed E-state index contributed by atoms with van der Waals surface area (Å²) in [7, 11) is 0. The SMILES string of the molecule is CCCNC(c1ccc2c(c1)CC(C)O2)C1CCCO1. The normalized spacial score (nSPS) is 26.3. The van der Waals surface area contributed by atoms with E-state index in [9.17, 15) is 0 Å². The van der Waals surface area contributed by atoms with E-state index in [1.807, 2.05) is 0 Å². The Labute approximate surface area is 121 Å². The largest absolute Gasteiger partial charge is 0.490 e. The van der Waals surface area contributed by atoms with Crippen molar-refractivity contribution in [2.75, 3.05) is 13.2 Å². The van der Waals surface area contributed by atoms with Gasteiger partial charge in [0.05, 0.1) is 12.1 Å². The smallest absolute Gasteiger partial charge is 0.123 e. The molecule has 1 aromatic rings. The number of rotatable bonds is 5. The molecular weight excluding hydrogens is 250 g/mol. The van der Waals surface area contributed by atoms with E-state index >= 15 is 0 Å². The average Bonchev–Trinajstić information content (AvgIpc) is 3.07. The van der Waals surface area contributed by atoms with Gasteiger partial charge in [-0.05, 0) is 49.9 Å². The van der Waals surface area contributed by atoms with Gasteiger partial charge in [0.25, 0.3) is 0 Å². The van der Waals surface area contributed by atoms with Gasteiger partial charge < -0.3 is 14.8 Å². The van der Waals surface area contributed by atoms with Crippen LogP contribution in [0.1, 0.15) is 50.3 Å². The van der Waals surface area contributed by atoms with Gasteiger partial charge in [-0.1, -0.05) is 19.1 Å². The standard InChI is InChI=1S/C17H25NO2/c1-3-8-18-17(16-5-4-9-19-16)13-6-7-15-14(11-13)10-12(2)20-15/h6-7,11-12,16-18H,3-5,8-10H2,1-2H3. The molecule has 0 spiro atoms. The first-order valence-electron chi connectivity index (χ1n) is 7.92. The van der Waals surface area contributed by atoms with E-state index in [0.717, 1.165) is 38.2 Å². The van der Waals surface area contributed by atoms with E-state index in [1.54, 1.807) is 0 Å². The molecule has 3 atom stereocenters. The topological polar surface area (TPSA) is 30.5 Å². The van der Waals surface area contributed by atoms with Crippen molar-refractivity contribution in [1.29, 1.82) is 0 Å². The number of ether oxygens (including phenoxy) is 2. The lowest BCUT2D eigenvalue weighted by atomic mass is 9.96. The van der Waals surface area contributed by atoms with Crippen LogP contribution in [-0.2, 0) is 11.2 Å². The van der Waals surface area contributed by atoms with Crippen molar-refractivity contribution < 1.29 is 9.47 Å². The Hall–Kier alpha value is -1.06. The number of hydrogen-bond donors (Lipinski definition) is 1. The van der Waals surface area contributed by atoms with E-state index in [4.69, 9.17) is 9.47 Å². The molecule has 2 aliphatic rings. The Morgan fingerprint density at radius 2 is 2.30 bits per heavy atom. The van der Waals surface area contributed by atoms with Crippen molar-refractivity contribution in [3.8, 4) is 5.75 Å². The molecular formula is C17H25NO2. The summed E-state index contributed by atoms with van der Waals surface area (Å²) in [5, 5.41) is 3.66. The van der Waals surface area contributed by atoms with Crippen molar-refractivity contribution in [2.24, 2.45) is 0 Å². The minimum absolute atomic E-state index is 0.310. The Balaban J connectivity index is 1.81. The zero-order valence-electron chi connectivity index (χ0n) is 12.5. The van der Waals surface area contributed by atoms with Gasteiger partial charge in [0.2, 0.25) is 0 Å². The third-order valence-corrected chi connectivity index (χ3v) is 4.23. The predicted molar refractivity (Wildman–Crippen MR) is 80.2 cm³/mol. The second kappa shape index (κ2) is 6.15. The maximum atomic E-state index is 5.91. The summed E-state index contributed by atoms with van der Waals surface area (Å²) >= 11 is 0. The molecule has 3 nitrogen and oxygen atoms in total. The molecule has 3 unspecified atom stereocenters. The van der Waals surface area contributed by atoms with Crippen LogP contribution in [0.3, 0.4) is 0 Å². The van der Waals surface area contributed by atoms with Crippen LogP contribution in [0.15, 0.2) is 18.2 Å². The molecule has 2 aliphatic heterocycles. The number of benzene rings is 1. The van der Waals surface area contributed by atoms with E-state index < -0.39 is 0 Å². The molecule has 20 heavy (non-hydrogen) atoms. The van der Waals surface area contributed by atoms with E-state index in [2.05, 4.69) is 37.4 Å². The minimum atomic E-state index is 0.310. The van der Waals surface area contributed by atoms with Crippen LogP contribution in [0.2, 0.25) is 0 Å². The zero-order chi connectivity index (χ0) is 13.9. The van der Waals surface area contributed by atoms with E-state index in [1.165, 1.54) is 17.5 Å². The summed E-state index contributed by atoms with van der Waals surface area (Å²) in [6, 6.07) is 6.96. The van der Waals surface area contributed by atoms with Crippen LogP contribution in [-0.4, -0.2) is 25.4 Å². The van der Waals surface area contributed by atoms with Gasteiger partial charge in [-0.2, -0.15) is 0 Å². The van der Waals surface area contributed by atoms with Gasteiger partial charge in [-0.3, -0.25) is 0 Å². The molecule has 1 aromatic carbocycles. The highest BCUT2D eigenvalue weighted by molar-refractivity contribution is 5.41. The summed E-state index contributed by atoms with van der Waals surface area (Å²) in [6.45, 7) is 6.28. The fourth-order valence-corrected chi connectivity index (χ4v) is 3.26. The van der Waals surface area contributed by atoms with Gasteiger partial charge in [0.1, 0.15) is 11.9 Å². The molecule has 0 aromatic heterocycles. The average molecular weight is 275 g/mol. The van der Waals surface area contributed by atoms with Crippen LogP contribution in [0.25, 0.3) is 0 Å². The van der Waals surface area contributed by atoms with Crippen molar-refractivity contribution >= 4 is 0 Å². The van der Waals surface area contributed by atoms with Crippen LogP contribution in [0.4, 0.5) is 0 Å². The van der Waals surface area contributed by atoms with Crippen molar-refractivity contribution in [1.82, 2.24) is 5.32 Å². The second-order valence-electron chi connectivity index (χ2n) is 5.98. The highest BCUT2D eigenvalue weighted by Gasteiger charge is 2.28. The van der Waals surface area contributed by atoms with Gasteiger partial charge in [0, 0.05) is 13.0 Å². The zero-order valence-corrected chi connectivity index (χ0v) is 12.5. The summed E-state index contributed by atoms with van der Waals surface area (Å²) in [5.74, 6) is 1.06. The van der Waals surface area contributed by atoms with Crippen molar-refractivity contribution in [3.05, 3.63) is 29.3 Å². The summed E-state index contributed by atoms with van der Waals surface area (Å²) in [5.41, 5.74) is 2.69. The quantitative estimate of drug-likeness (QED) is 0.895. The third kappa shape index (κ3) is 2.84. The van der Waals surface area contributed by atoms with Crippen molar-refractivity contribution in [3.63, 3.8) is 0 Å². The monoisotopic (exact) mass is 275 g/mol. The lowest BCUT2D eigenvalue weighted by Crippen LogP contribution is -2.32. The van der Waals surface area contributed by atoms with Gasteiger partial charge >= 0.3 is 0 Å². The molecule has 2 heterocycles. The maximum Gasteiger partial charge on any atom is 0.123 e. The fraction of sp³-hybridized carbons (Fsp3) is 0.647. The maximum absolute atomic E-state index is 5.91. The van der Waals surface area contributed by atoms with Crippen LogP contribution in [0, 0.1) is 0 Å². The highest BCUT2D eigenvalue weighted by Crippen LogP contribution is 2.34. The molecule has 0 saturated carbocycles. The predicted octanol–water partition coefficient (Wildman–Crippen LogP) is 3.23. The lowest BCUT2D eigenvalue weighted by molar-refractivity contribution is 0.0783. The van der Waals surface area contributed by atoms with Gasteiger partial charge in [-0.25, -0.2) is 0 Å². The lowest BCUT2D eigenvalue weighted by Gasteiger charge is -2.25. The summed E-state index contributed by atoms with van der Waals surface area (Å²) in [4.78, 5) is 0. The third-order valence-electron chi connectivity index (χ3n) is 4.23. The first-order chi connectivity index (χ1) is 9.78. The molecule has 0 bridgehead atoms. The first kappa shape index (κ1) is 13.9. The van der Waals surface area contributed by atoms with Crippen LogP contribution in [0.5, 0.6) is 5.75 Å². The molecule has 3 heteroatoms. The molecule has 1 fully saturated rings. The van der Waals surface area contributed by atoms with E-state index in [0.29, 0.717) is 18.2 Å². The van der Waals surface area contributed by atoms with E-state index in [-0.39, 0.29) is 0 Å².